The van der Waals surface area contributed by atoms with E-state index in [1.165, 1.54) is 22.2 Å². The van der Waals surface area contributed by atoms with Crippen LogP contribution in [0.15, 0.2) is 36.4 Å². The van der Waals surface area contributed by atoms with Crippen LogP contribution < -0.4 is 20.1 Å². The molecule has 5 fully saturated rings. The van der Waals surface area contributed by atoms with Crippen LogP contribution in [0, 0.1) is 59.2 Å². The first-order valence-electron chi connectivity index (χ1n) is 40.6. The molecule has 6 aliphatic carbocycles. The number of hydrogen-bond donors (Lipinski definition) is 7. The van der Waals surface area contributed by atoms with E-state index in [0.717, 1.165) is 202 Å². The number of carbonyl (C=O) groups is 9. The first kappa shape index (κ1) is 84.9. The highest BCUT2D eigenvalue weighted by molar-refractivity contribution is 8.00. The Balaban J connectivity index is 0.000000274. The Hall–Kier alpha value is -5.71. The normalized spacial score (nSPS) is 25.8. The van der Waals surface area contributed by atoms with Gasteiger partial charge in [-0.2, -0.15) is 12.6 Å². The van der Waals surface area contributed by atoms with Crippen LogP contribution in [0.5, 0.6) is 11.5 Å². The van der Waals surface area contributed by atoms with Crippen molar-refractivity contribution < 1.29 is 82.5 Å². The standard InChI is InChI=1S/C46H68N2O10S.C37H57NO7S/c1-3-5-8-15-33(50)19-20-34-37-25-30-14-13-18-39(57-29-43(52)53)38(30)26-31(37)27-40(34)58-46(56)36-17-10-9-16-35(36)44(54)47-22-11-6-7-12-24-59-41-28-42(51)48(45(41)55)23-21-32(49)4-2;1-2-3-6-13-27(39)17-18-28-31-21-25-12-11-16-33(44-24-35(40)41)32(25)22-26(31)23-34(28)45-37(43)30-15-8-7-14-29(30)36(42)38-19-9-4-5-10-20-46/h13-14,18,31,33-37,40-41,50H,3-12,15-17,19-29H2,1-2H3,(H,47,54)(H,52,53);11-12,16,26-31,34,39,46H,2-10,13-15,17-24H2,1H3,(H,38,42)(H,40,41)/t31-,33-,34+,35?,36?,37-,40+,41?;26-,27-,28+,29?,30?,31-,34+/m00/s1. The van der Waals surface area contributed by atoms with E-state index >= 15 is 0 Å². The summed E-state index contributed by atoms with van der Waals surface area (Å²) in [5.74, 6) is -0.557. The van der Waals surface area contributed by atoms with E-state index in [-0.39, 0.29) is 126 Å². The van der Waals surface area contributed by atoms with Crippen LogP contribution in [0.25, 0.3) is 0 Å². The van der Waals surface area contributed by atoms with Crippen molar-refractivity contribution in [3.8, 4) is 11.5 Å². The fourth-order valence-corrected chi connectivity index (χ4v) is 19.5. The van der Waals surface area contributed by atoms with E-state index in [0.29, 0.717) is 81.9 Å². The highest BCUT2D eigenvalue weighted by Crippen LogP contribution is 2.52. The van der Waals surface area contributed by atoms with Crippen LogP contribution in [0.2, 0.25) is 0 Å². The van der Waals surface area contributed by atoms with Crippen molar-refractivity contribution in [2.24, 2.45) is 59.2 Å². The molecule has 1 saturated heterocycles. The first-order chi connectivity index (χ1) is 50.8. The summed E-state index contributed by atoms with van der Waals surface area (Å²) in [6, 6.07) is 11.7. The highest BCUT2D eigenvalue weighted by Gasteiger charge is 2.51. The second kappa shape index (κ2) is 44.7. The molecule has 2 aromatic rings. The summed E-state index contributed by atoms with van der Waals surface area (Å²) in [6.07, 6.45) is 28.8. The number of benzene rings is 2. The molecule has 0 aromatic heterocycles. The molecule has 586 valence electrons. The number of carboxylic acids is 2. The lowest BCUT2D eigenvalue weighted by Gasteiger charge is -2.33. The Labute approximate surface area is 634 Å². The Kier molecular flexibility index (Phi) is 36.1. The number of aliphatic hydroxyl groups is 2. The average Bonchev–Trinajstić information content (AvgIpc) is 1.59. The lowest BCUT2D eigenvalue weighted by atomic mass is 9.73. The van der Waals surface area contributed by atoms with E-state index in [2.05, 4.69) is 49.2 Å². The molecule has 0 spiro atoms. The van der Waals surface area contributed by atoms with Gasteiger partial charge in [0.25, 0.3) is 0 Å². The Morgan fingerprint density at radius 2 is 1.02 bits per heavy atom. The van der Waals surface area contributed by atoms with Gasteiger partial charge in [0, 0.05) is 38.9 Å². The summed E-state index contributed by atoms with van der Waals surface area (Å²) in [7, 11) is 0. The Morgan fingerprint density at radius 3 is 1.47 bits per heavy atom. The SMILES string of the molecule is CCCCC[C@H](O)CC[C@@H]1[C@H]2Cc3cccc(OCC(=O)O)c3C[C@H]2C[C@H]1OC(=O)C1CCCCC1C(=O)NCCCCCCS.CCCCC[C@H](O)CC[C@@H]1[C@H]2Cc3cccc(OCC(=O)O)c3C[C@H]2C[C@H]1OC(=O)C1CCCCC1C(=O)NCCCCCCSC1CC(=O)N(CCC(=O)CC)C1=O. The number of imide groups is 1. The third-order valence-electron chi connectivity index (χ3n) is 23.9. The van der Waals surface area contributed by atoms with Gasteiger partial charge in [0.2, 0.25) is 23.6 Å². The summed E-state index contributed by atoms with van der Waals surface area (Å²) < 4.78 is 24.2. The lowest BCUT2D eigenvalue weighted by Crippen LogP contribution is -2.42. The third kappa shape index (κ3) is 25.7. The largest absolute Gasteiger partial charge is 0.482 e. The third-order valence-corrected chi connectivity index (χ3v) is 25.5. The number of hydrogen-bond acceptors (Lipinski definition) is 17. The Morgan fingerprint density at radius 1 is 0.562 bits per heavy atom. The number of carboxylic acid groups (broad SMARTS) is 2. The van der Waals surface area contributed by atoms with Gasteiger partial charge >= 0.3 is 23.9 Å². The van der Waals surface area contributed by atoms with Gasteiger partial charge < -0.3 is 50.0 Å². The zero-order valence-electron chi connectivity index (χ0n) is 63.1. The average molecular weight is 1500 g/mol. The number of aliphatic carboxylic acids is 2. The number of aliphatic hydroxyl groups excluding tert-OH is 2. The molecule has 9 rings (SSSR count). The fraction of sp³-hybridized carbons (Fsp3) is 0.747. The van der Waals surface area contributed by atoms with E-state index in [1.54, 1.807) is 6.92 Å². The lowest BCUT2D eigenvalue weighted by molar-refractivity contribution is -0.162. The minimum absolute atomic E-state index is 0.0213. The molecular weight excluding hydrogens is 1380 g/mol. The second-order valence-electron chi connectivity index (χ2n) is 31.2. The number of ketones is 1. The number of rotatable bonds is 44. The molecule has 6 N–H and O–H groups in total. The molecule has 5 unspecified atom stereocenters. The summed E-state index contributed by atoms with van der Waals surface area (Å²) in [4.78, 5) is 115. The molecule has 4 saturated carbocycles. The Bertz CT molecular complexity index is 3130. The molecule has 105 heavy (non-hydrogen) atoms. The minimum atomic E-state index is -1.02. The minimum Gasteiger partial charge on any atom is -0.482 e. The number of thioether (sulfide) groups is 1. The second-order valence-corrected chi connectivity index (χ2v) is 33.0. The number of unbranched alkanes of at least 4 members (excludes halogenated alkanes) is 10. The molecule has 4 amide bonds. The number of fused-ring (bicyclic) bond motifs is 4. The van der Waals surface area contributed by atoms with Gasteiger partial charge in [0.1, 0.15) is 29.5 Å². The number of esters is 2. The van der Waals surface area contributed by atoms with Gasteiger partial charge in [-0.05, 0) is 210 Å². The maximum Gasteiger partial charge on any atom is 0.341 e. The molecule has 1 heterocycles. The zero-order chi connectivity index (χ0) is 75.2. The van der Waals surface area contributed by atoms with Crippen molar-refractivity contribution in [2.45, 2.75) is 288 Å². The van der Waals surface area contributed by atoms with E-state index in [9.17, 15) is 63.6 Å². The molecular formula is C83H125N3O17S2. The fourth-order valence-electron chi connectivity index (χ4n) is 18.1. The van der Waals surface area contributed by atoms with Crippen LogP contribution >= 0.6 is 24.4 Å². The summed E-state index contributed by atoms with van der Waals surface area (Å²) in [6.45, 7) is 6.64. The van der Waals surface area contributed by atoms with Gasteiger partial charge in [-0.3, -0.25) is 38.5 Å². The maximum absolute atomic E-state index is 14.1. The molecule has 1 aliphatic heterocycles. The number of likely N-dealkylation sites (tertiary alicyclic amines) is 1. The van der Waals surface area contributed by atoms with Crippen molar-refractivity contribution in [1.82, 2.24) is 15.5 Å². The number of nitrogens with one attached hydrogen (secondary N) is 2. The van der Waals surface area contributed by atoms with Crippen molar-refractivity contribution in [3.63, 3.8) is 0 Å². The van der Waals surface area contributed by atoms with Gasteiger partial charge in [0.15, 0.2) is 13.2 Å². The summed E-state index contributed by atoms with van der Waals surface area (Å²) in [5, 5.41) is 45.9. The predicted molar refractivity (Wildman–Crippen MR) is 408 cm³/mol. The van der Waals surface area contributed by atoms with Gasteiger partial charge in [-0.25, -0.2) is 9.59 Å². The number of ether oxygens (including phenoxy) is 4. The monoisotopic (exact) mass is 1500 g/mol. The van der Waals surface area contributed by atoms with E-state index in [4.69, 9.17) is 18.9 Å². The van der Waals surface area contributed by atoms with Gasteiger partial charge in [-0.1, -0.05) is 135 Å². The van der Waals surface area contributed by atoms with Crippen LogP contribution in [-0.2, 0) is 78.3 Å². The molecule has 0 bridgehead atoms. The summed E-state index contributed by atoms with van der Waals surface area (Å²) in [5.41, 5.74) is 4.40. The number of thiol groups is 1. The molecule has 20 nitrogen and oxygen atoms in total. The van der Waals surface area contributed by atoms with Crippen molar-refractivity contribution in [2.75, 3.05) is 44.4 Å². The van der Waals surface area contributed by atoms with Gasteiger partial charge in [-0.15, -0.1) is 11.8 Å². The number of Topliss-reactive ketones (excluding diaryl/α,β-unsaturated/α-hetero) is 1. The van der Waals surface area contributed by atoms with Gasteiger partial charge in [0.05, 0.1) is 41.1 Å². The van der Waals surface area contributed by atoms with Crippen molar-refractivity contribution in [1.29, 1.82) is 0 Å². The van der Waals surface area contributed by atoms with Crippen LogP contribution in [0.3, 0.4) is 0 Å². The van der Waals surface area contributed by atoms with Crippen LogP contribution in [0.1, 0.15) is 255 Å². The maximum atomic E-state index is 14.1. The van der Waals surface area contributed by atoms with Crippen molar-refractivity contribution in [3.05, 3.63) is 58.7 Å². The summed E-state index contributed by atoms with van der Waals surface area (Å²) >= 11 is 5.78. The van der Waals surface area contributed by atoms with Crippen LogP contribution in [0.4, 0.5) is 0 Å². The molecule has 2 aromatic carbocycles. The topological polar surface area (TPSA) is 299 Å². The van der Waals surface area contributed by atoms with E-state index in [1.807, 2.05) is 24.3 Å². The predicted octanol–water partition coefficient (Wildman–Crippen LogP) is 13.4. The van der Waals surface area contributed by atoms with E-state index < -0.39 is 42.4 Å². The molecule has 0 radical (unpaired) electrons. The first-order valence-corrected chi connectivity index (χ1v) is 42.3. The zero-order valence-corrected chi connectivity index (χ0v) is 64.8. The van der Waals surface area contributed by atoms with Crippen LogP contribution in [-0.4, -0.2) is 153 Å². The quantitative estimate of drug-likeness (QED) is 0.0140. The van der Waals surface area contributed by atoms with Crippen molar-refractivity contribution >= 4 is 77.7 Å². The highest BCUT2D eigenvalue weighted by atomic mass is 32.2. The molecule has 7 aliphatic rings. The number of carbonyl (C=O) groups excluding carboxylic acids is 7. The molecule has 15 atom stereocenters. The smallest absolute Gasteiger partial charge is 0.341 e. The number of amides is 4. The number of nitrogens with zero attached hydrogens (tertiary/aromatic N) is 1. The molecule has 22 heteroatoms.